The largest absolute Gasteiger partial charge is 0.375 e. The van der Waals surface area contributed by atoms with E-state index in [1.54, 1.807) is 4.90 Å². The SMILES string of the molecule is CO[C@H](c1ccc(N2CCCC2=O)cc1)[C@H](N)CF. The zero-order valence-corrected chi connectivity index (χ0v) is 11.0. The highest BCUT2D eigenvalue weighted by Gasteiger charge is 2.23. The highest BCUT2D eigenvalue weighted by molar-refractivity contribution is 5.95. The lowest BCUT2D eigenvalue weighted by Crippen LogP contribution is -2.31. The standard InChI is InChI=1S/C14H19FN2O2/c1-19-14(12(16)9-15)10-4-6-11(7-5-10)17-8-2-3-13(17)18/h4-7,12,14H,2-3,8-9,16H2,1H3/t12-,14-/m1/s1. The molecule has 0 spiro atoms. The quantitative estimate of drug-likeness (QED) is 0.884. The number of halogens is 1. The van der Waals surface area contributed by atoms with E-state index in [0.29, 0.717) is 6.42 Å². The third-order valence-corrected chi connectivity index (χ3v) is 3.43. The summed E-state index contributed by atoms with van der Waals surface area (Å²) in [6.45, 7) is 0.126. The average Bonchev–Trinajstić information content (AvgIpc) is 2.86. The maximum atomic E-state index is 12.6. The molecule has 1 aliphatic heterocycles. The topological polar surface area (TPSA) is 55.6 Å². The van der Waals surface area contributed by atoms with Gasteiger partial charge >= 0.3 is 0 Å². The van der Waals surface area contributed by atoms with Crippen LogP contribution >= 0.6 is 0 Å². The molecule has 0 saturated carbocycles. The van der Waals surface area contributed by atoms with Gasteiger partial charge in [0.05, 0.1) is 12.1 Å². The molecule has 2 atom stereocenters. The van der Waals surface area contributed by atoms with Crippen molar-refractivity contribution in [1.82, 2.24) is 0 Å². The molecule has 1 aromatic carbocycles. The van der Waals surface area contributed by atoms with Gasteiger partial charge in [-0.25, -0.2) is 4.39 Å². The summed E-state index contributed by atoms with van der Waals surface area (Å²) in [5.74, 6) is 0.150. The molecule has 19 heavy (non-hydrogen) atoms. The first-order valence-electron chi connectivity index (χ1n) is 6.42. The van der Waals surface area contributed by atoms with Crippen molar-refractivity contribution in [1.29, 1.82) is 0 Å². The lowest BCUT2D eigenvalue weighted by Gasteiger charge is -2.22. The Morgan fingerprint density at radius 1 is 1.42 bits per heavy atom. The number of rotatable bonds is 5. The molecule has 0 bridgehead atoms. The van der Waals surface area contributed by atoms with Crippen molar-refractivity contribution in [3.05, 3.63) is 29.8 Å². The fraction of sp³-hybridized carbons (Fsp3) is 0.500. The normalized spacial score (nSPS) is 18.7. The van der Waals surface area contributed by atoms with Crippen LogP contribution in [0.3, 0.4) is 0 Å². The van der Waals surface area contributed by atoms with Crippen molar-refractivity contribution in [3.63, 3.8) is 0 Å². The van der Waals surface area contributed by atoms with Gasteiger partial charge in [-0.05, 0) is 24.1 Å². The molecule has 1 amide bonds. The van der Waals surface area contributed by atoms with Crippen molar-refractivity contribution in [2.75, 3.05) is 25.2 Å². The van der Waals surface area contributed by atoms with E-state index in [2.05, 4.69) is 0 Å². The molecule has 0 unspecified atom stereocenters. The fourth-order valence-electron chi connectivity index (χ4n) is 2.40. The molecule has 1 heterocycles. The smallest absolute Gasteiger partial charge is 0.227 e. The van der Waals surface area contributed by atoms with E-state index in [4.69, 9.17) is 10.5 Å². The molecular formula is C14H19FN2O2. The van der Waals surface area contributed by atoms with Crippen molar-refractivity contribution >= 4 is 11.6 Å². The fourth-order valence-corrected chi connectivity index (χ4v) is 2.40. The zero-order valence-electron chi connectivity index (χ0n) is 11.0. The molecule has 5 heteroatoms. The Kier molecular flexibility index (Phi) is 4.50. The molecule has 2 N–H and O–H groups in total. The number of anilines is 1. The number of hydrogen-bond donors (Lipinski definition) is 1. The van der Waals surface area contributed by atoms with Crippen molar-refractivity contribution in [3.8, 4) is 0 Å². The number of alkyl halides is 1. The molecule has 0 aromatic heterocycles. The minimum absolute atomic E-state index is 0.150. The molecule has 1 fully saturated rings. The summed E-state index contributed by atoms with van der Waals surface area (Å²) in [6.07, 6.45) is 1.04. The van der Waals surface area contributed by atoms with Gasteiger partial charge in [0.25, 0.3) is 0 Å². The molecule has 0 radical (unpaired) electrons. The Hall–Kier alpha value is -1.46. The number of carbonyl (C=O) groups is 1. The number of methoxy groups -OCH3 is 1. The predicted octanol–water partition coefficient (Wildman–Crippen LogP) is 1.80. The molecule has 2 rings (SSSR count). The van der Waals surface area contributed by atoms with Crippen molar-refractivity contribution in [2.24, 2.45) is 5.73 Å². The summed E-state index contributed by atoms with van der Waals surface area (Å²) >= 11 is 0. The molecule has 0 aliphatic carbocycles. The van der Waals surface area contributed by atoms with Crippen LogP contribution in [0.1, 0.15) is 24.5 Å². The second-order valence-electron chi connectivity index (χ2n) is 4.71. The minimum atomic E-state index is -0.677. The lowest BCUT2D eigenvalue weighted by atomic mass is 10.0. The van der Waals surface area contributed by atoms with E-state index >= 15 is 0 Å². The van der Waals surface area contributed by atoms with Crippen LogP contribution in [0.5, 0.6) is 0 Å². The van der Waals surface area contributed by atoms with Gasteiger partial charge in [-0.2, -0.15) is 0 Å². The highest BCUT2D eigenvalue weighted by Crippen LogP contribution is 2.25. The zero-order chi connectivity index (χ0) is 13.8. The van der Waals surface area contributed by atoms with Crippen LogP contribution in [-0.2, 0) is 9.53 Å². The number of amides is 1. The second kappa shape index (κ2) is 6.12. The third kappa shape index (κ3) is 2.93. The monoisotopic (exact) mass is 266 g/mol. The number of carbonyl (C=O) groups excluding carboxylic acids is 1. The Morgan fingerprint density at radius 3 is 2.58 bits per heavy atom. The summed E-state index contributed by atoms with van der Waals surface area (Å²) < 4.78 is 17.9. The van der Waals surface area contributed by atoms with Crippen LogP contribution in [0.15, 0.2) is 24.3 Å². The van der Waals surface area contributed by atoms with Gasteiger partial charge in [-0.15, -0.1) is 0 Å². The highest BCUT2D eigenvalue weighted by atomic mass is 19.1. The van der Waals surface area contributed by atoms with E-state index in [9.17, 15) is 9.18 Å². The van der Waals surface area contributed by atoms with Gasteiger partial charge in [0, 0.05) is 25.8 Å². The Bertz CT molecular complexity index is 436. The summed E-state index contributed by atoms with van der Waals surface area (Å²) in [6, 6.07) is 6.71. The summed E-state index contributed by atoms with van der Waals surface area (Å²) in [4.78, 5) is 13.4. The summed E-state index contributed by atoms with van der Waals surface area (Å²) in [5, 5.41) is 0. The van der Waals surface area contributed by atoms with Gasteiger partial charge < -0.3 is 15.4 Å². The van der Waals surface area contributed by atoms with Crippen LogP contribution in [0.2, 0.25) is 0 Å². The first-order valence-corrected chi connectivity index (χ1v) is 6.42. The van der Waals surface area contributed by atoms with E-state index in [1.807, 2.05) is 24.3 Å². The Labute approximate surface area is 112 Å². The first kappa shape index (κ1) is 14.0. The number of nitrogens with zero attached hydrogens (tertiary/aromatic N) is 1. The molecular weight excluding hydrogens is 247 g/mol. The first-order chi connectivity index (χ1) is 9.17. The Balaban J connectivity index is 2.15. The van der Waals surface area contributed by atoms with Crippen LogP contribution in [0, 0.1) is 0 Å². The van der Waals surface area contributed by atoms with E-state index in [-0.39, 0.29) is 5.91 Å². The van der Waals surface area contributed by atoms with Gasteiger partial charge in [0.2, 0.25) is 5.91 Å². The summed E-state index contributed by atoms with van der Waals surface area (Å²) in [5.41, 5.74) is 7.37. The number of ether oxygens (including phenoxy) is 1. The predicted molar refractivity (Wildman–Crippen MR) is 71.7 cm³/mol. The molecule has 1 saturated heterocycles. The minimum Gasteiger partial charge on any atom is -0.375 e. The maximum absolute atomic E-state index is 12.6. The van der Waals surface area contributed by atoms with Gasteiger partial charge in [0.1, 0.15) is 6.67 Å². The van der Waals surface area contributed by atoms with Crippen molar-refractivity contribution < 1.29 is 13.9 Å². The number of hydrogen-bond acceptors (Lipinski definition) is 3. The average molecular weight is 266 g/mol. The van der Waals surface area contributed by atoms with E-state index in [0.717, 1.165) is 24.2 Å². The number of benzene rings is 1. The second-order valence-corrected chi connectivity index (χ2v) is 4.71. The molecule has 1 aromatic rings. The molecule has 104 valence electrons. The van der Waals surface area contributed by atoms with Crippen molar-refractivity contribution in [2.45, 2.75) is 25.0 Å². The van der Waals surface area contributed by atoms with Gasteiger partial charge in [-0.3, -0.25) is 4.79 Å². The van der Waals surface area contributed by atoms with Crippen LogP contribution in [0.25, 0.3) is 0 Å². The van der Waals surface area contributed by atoms with Crippen LogP contribution in [0.4, 0.5) is 10.1 Å². The van der Waals surface area contributed by atoms with E-state index in [1.165, 1.54) is 7.11 Å². The molecule has 4 nitrogen and oxygen atoms in total. The lowest BCUT2D eigenvalue weighted by molar-refractivity contribution is -0.117. The van der Waals surface area contributed by atoms with Gasteiger partial charge in [0.15, 0.2) is 0 Å². The number of nitrogens with two attached hydrogens (primary N) is 1. The summed E-state index contributed by atoms with van der Waals surface area (Å²) in [7, 11) is 1.51. The van der Waals surface area contributed by atoms with E-state index < -0.39 is 18.8 Å². The third-order valence-electron chi connectivity index (χ3n) is 3.43. The van der Waals surface area contributed by atoms with Crippen LogP contribution < -0.4 is 10.6 Å². The molecule has 1 aliphatic rings. The van der Waals surface area contributed by atoms with Crippen LogP contribution in [-0.4, -0.2) is 32.3 Å². The maximum Gasteiger partial charge on any atom is 0.227 e. The van der Waals surface area contributed by atoms with Gasteiger partial charge in [-0.1, -0.05) is 12.1 Å². The Morgan fingerprint density at radius 2 is 2.11 bits per heavy atom.